The molecular weight excluding hydrogens is 394 g/mol. The number of carbonyl (C=O) groups is 5. The van der Waals surface area contributed by atoms with Crippen LogP contribution in [-0.2, 0) is 27.5 Å². The Bertz CT molecular complexity index is 1090. The third kappa shape index (κ3) is 3.41. The van der Waals surface area contributed by atoms with Crippen molar-refractivity contribution in [3.63, 3.8) is 0 Å². The maximum absolute atomic E-state index is 13.0. The molecule has 1 saturated heterocycles. The zero-order chi connectivity index (χ0) is 21.4. The molecule has 0 bridgehead atoms. The maximum Gasteiger partial charge on any atom is 0.323 e. The summed E-state index contributed by atoms with van der Waals surface area (Å²) < 4.78 is 1.41. The molecule has 0 radical (unpaired) electrons. The quantitative estimate of drug-likeness (QED) is 0.561. The number of aromatic nitrogens is 2. The topological polar surface area (TPSA) is 151 Å². The first-order chi connectivity index (χ1) is 14.3. The molecule has 4 amide bonds. The van der Waals surface area contributed by atoms with Gasteiger partial charge < -0.3 is 15.0 Å². The third-order valence-corrected chi connectivity index (χ3v) is 4.93. The molecule has 2 aliphatic rings. The Balaban J connectivity index is 1.54. The van der Waals surface area contributed by atoms with Crippen LogP contribution < -0.4 is 10.6 Å². The number of imidazole rings is 1. The van der Waals surface area contributed by atoms with E-state index in [2.05, 4.69) is 15.6 Å². The van der Waals surface area contributed by atoms with E-state index in [-0.39, 0.29) is 37.1 Å². The molecule has 1 aromatic carbocycles. The second-order valence-electron chi connectivity index (χ2n) is 6.96. The molecule has 1 unspecified atom stereocenters. The number of amides is 4. The van der Waals surface area contributed by atoms with Gasteiger partial charge in [0, 0.05) is 18.3 Å². The van der Waals surface area contributed by atoms with Crippen LogP contribution in [0.3, 0.4) is 0 Å². The van der Waals surface area contributed by atoms with Gasteiger partial charge in [-0.3, -0.25) is 34.2 Å². The summed E-state index contributed by atoms with van der Waals surface area (Å²) in [4.78, 5) is 65.1. The number of carboxylic acid groups (broad SMARTS) is 1. The van der Waals surface area contributed by atoms with Crippen molar-refractivity contribution in [3.8, 4) is 0 Å². The smallest absolute Gasteiger partial charge is 0.323 e. The Labute approximate surface area is 169 Å². The van der Waals surface area contributed by atoms with Gasteiger partial charge in [0.15, 0.2) is 0 Å². The van der Waals surface area contributed by atoms with E-state index in [0.29, 0.717) is 11.4 Å². The number of piperidine rings is 1. The minimum Gasteiger partial charge on any atom is -0.480 e. The van der Waals surface area contributed by atoms with Crippen molar-refractivity contribution in [2.24, 2.45) is 0 Å². The Kier molecular flexibility index (Phi) is 4.78. The highest BCUT2D eigenvalue weighted by atomic mass is 16.4. The summed E-state index contributed by atoms with van der Waals surface area (Å²) in [6.45, 7) is -0.0232. The predicted molar refractivity (Wildman–Crippen MR) is 100 cm³/mol. The van der Waals surface area contributed by atoms with Crippen molar-refractivity contribution < 1.29 is 29.1 Å². The monoisotopic (exact) mass is 411 g/mol. The number of carboxylic acids is 1. The number of nitrogens with zero attached hydrogens (tertiary/aromatic N) is 3. The van der Waals surface area contributed by atoms with E-state index in [1.165, 1.54) is 17.0 Å². The van der Waals surface area contributed by atoms with Gasteiger partial charge in [-0.25, -0.2) is 4.98 Å². The first-order valence-corrected chi connectivity index (χ1v) is 9.16. The van der Waals surface area contributed by atoms with E-state index < -0.39 is 35.6 Å². The van der Waals surface area contributed by atoms with Crippen molar-refractivity contribution in [3.05, 3.63) is 47.5 Å². The van der Waals surface area contributed by atoms with Crippen LogP contribution in [0, 0.1) is 0 Å². The van der Waals surface area contributed by atoms with Crippen molar-refractivity contribution >= 4 is 35.3 Å². The lowest BCUT2D eigenvalue weighted by molar-refractivity contribution is -0.138. The lowest BCUT2D eigenvalue weighted by atomic mass is 10.0. The van der Waals surface area contributed by atoms with Gasteiger partial charge in [-0.05, 0) is 18.6 Å². The van der Waals surface area contributed by atoms with Gasteiger partial charge in [0.25, 0.3) is 11.8 Å². The zero-order valence-electron chi connectivity index (χ0n) is 15.6. The van der Waals surface area contributed by atoms with Crippen LogP contribution in [0.5, 0.6) is 0 Å². The number of benzene rings is 1. The number of imide groups is 2. The first-order valence-electron chi connectivity index (χ1n) is 9.16. The molecule has 2 aliphatic heterocycles. The number of fused-ring (bicyclic) bond motifs is 1. The van der Waals surface area contributed by atoms with Gasteiger partial charge >= 0.3 is 5.97 Å². The van der Waals surface area contributed by atoms with Crippen LogP contribution in [0.25, 0.3) is 0 Å². The van der Waals surface area contributed by atoms with Crippen molar-refractivity contribution in [2.75, 3.05) is 5.32 Å². The molecule has 0 spiro atoms. The van der Waals surface area contributed by atoms with Crippen LogP contribution in [0.15, 0.2) is 30.7 Å². The summed E-state index contributed by atoms with van der Waals surface area (Å²) in [6.07, 6.45) is 3.08. The van der Waals surface area contributed by atoms with E-state index in [1.54, 1.807) is 18.3 Å². The van der Waals surface area contributed by atoms with Gasteiger partial charge in [0.2, 0.25) is 11.8 Å². The normalized spacial score (nSPS) is 18.4. The highest BCUT2D eigenvalue weighted by molar-refractivity contribution is 6.25. The van der Waals surface area contributed by atoms with E-state index in [1.807, 2.05) is 0 Å². The Morgan fingerprint density at radius 2 is 2.03 bits per heavy atom. The standard InChI is InChI=1S/C19H17N5O6/c25-14-5-4-13(17(28)22-14)24-18(29)11-2-1-3-12(16(11)19(24)30)20-6-10-7-23(9-21-10)8-15(26)27/h1-3,7,9,13,20H,4-6,8H2,(H,26,27)(H,22,25,28). The molecule has 11 heteroatoms. The Hall–Kier alpha value is -4.02. The van der Waals surface area contributed by atoms with Crippen molar-refractivity contribution in [1.29, 1.82) is 0 Å². The summed E-state index contributed by atoms with van der Waals surface area (Å²) in [5, 5.41) is 14.0. The number of nitrogens with one attached hydrogen (secondary N) is 2. The molecule has 1 fully saturated rings. The summed E-state index contributed by atoms with van der Waals surface area (Å²) >= 11 is 0. The molecular formula is C19H17N5O6. The zero-order valence-corrected chi connectivity index (χ0v) is 15.6. The molecule has 0 aliphatic carbocycles. The van der Waals surface area contributed by atoms with Gasteiger partial charge in [-0.15, -0.1) is 0 Å². The second kappa shape index (κ2) is 7.43. The number of aliphatic carboxylic acids is 1. The number of rotatable bonds is 6. The number of hydrogen-bond donors (Lipinski definition) is 3. The third-order valence-electron chi connectivity index (χ3n) is 4.93. The van der Waals surface area contributed by atoms with Gasteiger partial charge in [0.1, 0.15) is 12.6 Å². The van der Waals surface area contributed by atoms with E-state index >= 15 is 0 Å². The lowest BCUT2D eigenvalue weighted by Gasteiger charge is -2.27. The van der Waals surface area contributed by atoms with Gasteiger partial charge in [-0.1, -0.05) is 6.07 Å². The average molecular weight is 411 g/mol. The van der Waals surface area contributed by atoms with Crippen LogP contribution in [0.2, 0.25) is 0 Å². The fraction of sp³-hybridized carbons (Fsp3) is 0.263. The maximum atomic E-state index is 13.0. The van der Waals surface area contributed by atoms with Crippen LogP contribution >= 0.6 is 0 Å². The highest BCUT2D eigenvalue weighted by Gasteiger charge is 2.45. The van der Waals surface area contributed by atoms with Crippen LogP contribution in [0.1, 0.15) is 39.3 Å². The van der Waals surface area contributed by atoms with Crippen molar-refractivity contribution in [2.45, 2.75) is 32.0 Å². The fourth-order valence-corrected chi connectivity index (χ4v) is 3.59. The van der Waals surface area contributed by atoms with Crippen LogP contribution in [-0.4, -0.2) is 55.2 Å². The number of carbonyl (C=O) groups excluding carboxylic acids is 4. The largest absolute Gasteiger partial charge is 0.480 e. The SMILES string of the molecule is O=C(O)Cn1cnc(CNc2cccc3c2C(=O)N(C2CCC(=O)NC2=O)C3=O)c1. The molecule has 2 aromatic rings. The minimum absolute atomic E-state index is 0.0495. The molecule has 11 nitrogen and oxygen atoms in total. The van der Waals surface area contributed by atoms with E-state index in [4.69, 9.17) is 5.11 Å². The predicted octanol–water partition coefficient (Wildman–Crippen LogP) is -0.0190. The fourth-order valence-electron chi connectivity index (χ4n) is 3.59. The number of hydrogen-bond acceptors (Lipinski definition) is 7. The van der Waals surface area contributed by atoms with Gasteiger partial charge in [-0.2, -0.15) is 0 Å². The first kappa shape index (κ1) is 19.3. The van der Waals surface area contributed by atoms with Crippen LogP contribution in [0.4, 0.5) is 5.69 Å². The molecule has 0 saturated carbocycles. The Morgan fingerprint density at radius 1 is 1.23 bits per heavy atom. The molecule has 1 atom stereocenters. The number of anilines is 1. The van der Waals surface area contributed by atoms with E-state index in [0.717, 1.165) is 4.90 Å². The highest BCUT2D eigenvalue weighted by Crippen LogP contribution is 2.32. The lowest BCUT2D eigenvalue weighted by Crippen LogP contribution is -2.54. The molecule has 1 aromatic heterocycles. The summed E-state index contributed by atoms with van der Waals surface area (Å²) in [7, 11) is 0. The summed E-state index contributed by atoms with van der Waals surface area (Å²) in [6, 6.07) is 3.72. The average Bonchev–Trinajstić information content (AvgIpc) is 3.23. The molecule has 154 valence electrons. The van der Waals surface area contributed by atoms with E-state index in [9.17, 15) is 24.0 Å². The molecule has 3 heterocycles. The minimum atomic E-state index is -1.03. The van der Waals surface area contributed by atoms with Crippen molar-refractivity contribution in [1.82, 2.24) is 19.8 Å². The molecule has 4 rings (SSSR count). The summed E-state index contributed by atoms with van der Waals surface area (Å²) in [5.74, 6) is -3.29. The second-order valence-corrected chi connectivity index (χ2v) is 6.96. The summed E-state index contributed by atoms with van der Waals surface area (Å²) in [5.41, 5.74) is 1.27. The Morgan fingerprint density at radius 3 is 2.77 bits per heavy atom. The van der Waals surface area contributed by atoms with Gasteiger partial charge in [0.05, 0.1) is 29.7 Å². The molecule has 3 N–H and O–H groups in total. The molecule has 30 heavy (non-hydrogen) atoms.